The van der Waals surface area contributed by atoms with Crippen LogP contribution >= 0.6 is 22.6 Å². The molecule has 0 bridgehead atoms. The molecule has 11 heavy (non-hydrogen) atoms. The summed E-state index contributed by atoms with van der Waals surface area (Å²) in [5, 5.41) is 0. The summed E-state index contributed by atoms with van der Waals surface area (Å²) in [6.07, 6.45) is 4.36. The van der Waals surface area contributed by atoms with E-state index < -0.39 is 0 Å². The van der Waals surface area contributed by atoms with Crippen LogP contribution in [0.1, 0.15) is 25.7 Å². The van der Waals surface area contributed by atoms with E-state index in [4.69, 9.17) is 0 Å². The Hall–Kier alpha value is 0.200. The van der Waals surface area contributed by atoms with E-state index in [1.807, 2.05) is 0 Å². The number of ether oxygens (including phenoxy) is 1. The second kappa shape index (κ2) is 4.28. The Bertz CT molecular complexity index is 139. The first-order valence-corrected chi connectivity index (χ1v) is 5.20. The Morgan fingerprint density at radius 2 is 1.91 bits per heavy atom. The van der Waals surface area contributed by atoms with Crippen LogP contribution in [0.3, 0.4) is 0 Å². The van der Waals surface area contributed by atoms with Crippen LogP contribution in [0.5, 0.6) is 0 Å². The van der Waals surface area contributed by atoms with E-state index in [0.717, 1.165) is 16.8 Å². The molecule has 0 saturated heterocycles. The number of carbonyl (C=O) groups excluding carboxylic acids is 1. The van der Waals surface area contributed by atoms with Crippen molar-refractivity contribution in [1.82, 2.24) is 0 Å². The smallest absolute Gasteiger partial charge is 0.308 e. The van der Waals surface area contributed by atoms with E-state index in [9.17, 15) is 4.79 Å². The van der Waals surface area contributed by atoms with Crippen molar-refractivity contribution >= 4 is 28.6 Å². The maximum atomic E-state index is 11.0. The Morgan fingerprint density at radius 3 is 2.36 bits per heavy atom. The third-order valence-corrected chi connectivity index (χ3v) is 3.44. The van der Waals surface area contributed by atoms with E-state index in [1.165, 1.54) is 20.0 Å². The zero-order chi connectivity index (χ0) is 8.27. The molecule has 2 nitrogen and oxygen atoms in total. The summed E-state index contributed by atoms with van der Waals surface area (Å²) in [4.78, 5) is 11.0. The highest BCUT2D eigenvalue weighted by molar-refractivity contribution is 14.1. The predicted molar refractivity (Wildman–Crippen MR) is 51.8 cm³/mol. The van der Waals surface area contributed by atoms with Crippen LogP contribution in [0.4, 0.5) is 0 Å². The van der Waals surface area contributed by atoms with Crippen molar-refractivity contribution in [3.8, 4) is 0 Å². The van der Waals surface area contributed by atoms with Crippen molar-refractivity contribution in [2.45, 2.75) is 29.6 Å². The zero-order valence-electron chi connectivity index (χ0n) is 6.68. The van der Waals surface area contributed by atoms with Crippen LogP contribution in [0.2, 0.25) is 0 Å². The minimum absolute atomic E-state index is 0.0201. The van der Waals surface area contributed by atoms with Crippen molar-refractivity contribution < 1.29 is 9.53 Å². The van der Waals surface area contributed by atoms with E-state index in [2.05, 4.69) is 27.3 Å². The number of rotatable bonds is 1. The first kappa shape index (κ1) is 9.29. The van der Waals surface area contributed by atoms with Gasteiger partial charge in [-0.2, -0.15) is 0 Å². The normalized spacial score (nSPS) is 31.5. The number of hydrogen-bond donors (Lipinski definition) is 0. The first-order valence-electron chi connectivity index (χ1n) is 3.96. The van der Waals surface area contributed by atoms with E-state index in [-0.39, 0.29) is 11.9 Å². The zero-order valence-corrected chi connectivity index (χ0v) is 8.84. The van der Waals surface area contributed by atoms with Gasteiger partial charge in [-0.3, -0.25) is 4.79 Å². The second-order valence-electron chi connectivity index (χ2n) is 2.97. The maximum absolute atomic E-state index is 11.0. The number of halogens is 1. The average molecular weight is 268 g/mol. The summed E-state index contributed by atoms with van der Waals surface area (Å²) >= 11 is 2.45. The van der Waals surface area contributed by atoms with Crippen molar-refractivity contribution in [1.29, 1.82) is 0 Å². The fourth-order valence-corrected chi connectivity index (χ4v) is 2.17. The van der Waals surface area contributed by atoms with Crippen molar-refractivity contribution in [2.24, 2.45) is 5.92 Å². The summed E-state index contributed by atoms with van der Waals surface area (Å²) in [6, 6.07) is 0. The maximum Gasteiger partial charge on any atom is 0.308 e. The van der Waals surface area contributed by atoms with Crippen molar-refractivity contribution in [2.75, 3.05) is 7.11 Å². The van der Waals surface area contributed by atoms with Gasteiger partial charge in [0.1, 0.15) is 0 Å². The molecule has 0 heterocycles. The molecule has 1 saturated carbocycles. The molecule has 0 aromatic rings. The topological polar surface area (TPSA) is 26.3 Å². The summed E-state index contributed by atoms with van der Waals surface area (Å²) < 4.78 is 5.46. The number of hydrogen-bond acceptors (Lipinski definition) is 2. The lowest BCUT2D eigenvalue weighted by Crippen LogP contribution is -2.22. The molecule has 1 aliphatic carbocycles. The van der Waals surface area contributed by atoms with Crippen LogP contribution in [-0.4, -0.2) is 17.0 Å². The lowest BCUT2D eigenvalue weighted by Gasteiger charge is -2.22. The largest absolute Gasteiger partial charge is 0.469 e. The van der Waals surface area contributed by atoms with Crippen LogP contribution in [0, 0.1) is 5.92 Å². The van der Waals surface area contributed by atoms with Gasteiger partial charge in [-0.25, -0.2) is 0 Å². The molecule has 0 radical (unpaired) electrons. The molecule has 0 atom stereocenters. The van der Waals surface area contributed by atoms with Crippen LogP contribution in [0.25, 0.3) is 0 Å². The molecule has 1 fully saturated rings. The molecule has 0 N–H and O–H groups in total. The average Bonchev–Trinajstić information content (AvgIpc) is 2.05. The molecule has 1 rings (SSSR count). The Balaban J connectivity index is 2.33. The molecular weight excluding hydrogens is 255 g/mol. The number of carbonyl (C=O) groups is 1. The third-order valence-electron chi connectivity index (χ3n) is 2.19. The summed E-state index contributed by atoms with van der Waals surface area (Å²) in [7, 11) is 1.47. The lowest BCUT2D eigenvalue weighted by atomic mass is 9.89. The molecule has 0 spiro atoms. The van der Waals surface area contributed by atoms with Crippen molar-refractivity contribution in [3.63, 3.8) is 0 Å². The summed E-state index contributed by atoms with van der Waals surface area (Å²) in [6.45, 7) is 0. The molecule has 0 aliphatic heterocycles. The number of alkyl halides is 1. The highest BCUT2D eigenvalue weighted by Gasteiger charge is 2.25. The van der Waals surface area contributed by atoms with Gasteiger partial charge in [0.15, 0.2) is 0 Å². The molecule has 0 aromatic carbocycles. The molecule has 0 unspecified atom stereocenters. The van der Waals surface area contributed by atoms with Gasteiger partial charge in [-0.1, -0.05) is 22.6 Å². The van der Waals surface area contributed by atoms with Gasteiger partial charge in [0.05, 0.1) is 13.0 Å². The van der Waals surface area contributed by atoms with E-state index in [0.29, 0.717) is 0 Å². The Kier molecular flexibility index (Phi) is 3.62. The standard InChI is InChI=1S/C8H13IO2/c1-11-8(10)6-2-4-7(9)5-3-6/h6-7H,2-5H2,1H3/t6-,7-. The minimum atomic E-state index is -0.0201. The van der Waals surface area contributed by atoms with Gasteiger partial charge < -0.3 is 4.74 Å². The molecule has 3 heteroatoms. The van der Waals surface area contributed by atoms with Gasteiger partial charge in [-0.05, 0) is 25.7 Å². The molecule has 0 amide bonds. The Morgan fingerprint density at radius 1 is 1.36 bits per heavy atom. The first-order chi connectivity index (χ1) is 5.24. The lowest BCUT2D eigenvalue weighted by molar-refractivity contribution is -0.146. The highest BCUT2D eigenvalue weighted by atomic mass is 127. The van der Waals surface area contributed by atoms with E-state index >= 15 is 0 Å². The van der Waals surface area contributed by atoms with Gasteiger partial charge in [-0.15, -0.1) is 0 Å². The number of methoxy groups -OCH3 is 1. The van der Waals surface area contributed by atoms with Gasteiger partial charge in [0, 0.05) is 3.92 Å². The summed E-state index contributed by atoms with van der Waals surface area (Å²) in [5.74, 6) is 0.166. The summed E-state index contributed by atoms with van der Waals surface area (Å²) in [5.41, 5.74) is 0. The second-order valence-corrected chi connectivity index (χ2v) is 4.73. The van der Waals surface area contributed by atoms with Crippen LogP contribution in [-0.2, 0) is 9.53 Å². The van der Waals surface area contributed by atoms with Crippen LogP contribution in [0.15, 0.2) is 0 Å². The van der Waals surface area contributed by atoms with Gasteiger partial charge >= 0.3 is 5.97 Å². The monoisotopic (exact) mass is 268 g/mol. The minimum Gasteiger partial charge on any atom is -0.469 e. The Labute approximate surface area is 80.8 Å². The van der Waals surface area contributed by atoms with E-state index in [1.54, 1.807) is 0 Å². The molecule has 1 aliphatic rings. The van der Waals surface area contributed by atoms with Gasteiger partial charge in [0.25, 0.3) is 0 Å². The fraction of sp³-hybridized carbons (Fsp3) is 0.875. The van der Waals surface area contributed by atoms with Crippen LogP contribution < -0.4 is 0 Å². The van der Waals surface area contributed by atoms with Crippen molar-refractivity contribution in [3.05, 3.63) is 0 Å². The fourth-order valence-electron chi connectivity index (χ4n) is 1.46. The third kappa shape index (κ3) is 2.61. The molecule has 0 aromatic heterocycles. The quantitative estimate of drug-likeness (QED) is 0.414. The molecular formula is C8H13IO2. The predicted octanol–water partition coefficient (Wildman–Crippen LogP) is 2.15. The highest BCUT2D eigenvalue weighted by Crippen LogP contribution is 2.29. The van der Waals surface area contributed by atoms with Gasteiger partial charge in [0.2, 0.25) is 0 Å². The number of esters is 1. The SMILES string of the molecule is COC(=O)[C@H]1CC[C@H](I)CC1. The molecule has 64 valence electrons.